The number of benzene rings is 1. The van der Waals surface area contributed by atoms with Crippen LogP contribution in [0.1, 0.15) is 12.5 Å². The molecule has 2 heterocycles. The SMILES string of the molecule is C[C@@H](Sc1nnc(-c2cccs2)n1C)C(=O)N(C)Cc1ccccc1. The molecule has 0 N–H and O–H groups in total. The number of carbonyl (C=O) groups is 1. The zero-order valence-corrected chi connectivity index (χ0v) is 16.0. The molecule has 0 bridgehead atoms. The van der Waals surface area contributed by atoms with Gasteiger partial charge in [-0.1, -0.05) is 48.2 Å². The van der Waals surface area contributed by atoms with E-state index in [1.54, 1.807) is 16.2 Å². The Labute approximate surface area is 155 Å². The van der Waals surface area contributed by atoms with E-state index < -0.39 is 0 Å². The molecule has 3 aromatic rings. The predicted octanol–water partition coefficient (Wildman–Crippen LogP) is 3.68. The Morgan fingerprint density at radius 2 is 2.00 bits per heavy atom. The van der Waals surface area contributed by atoms with Crippen LogP contribution in [0.4, 0.5) is 0 Å². The first-order chi connectivity index (χ1) is 12.1. The van der Waals surface area contributed by atoms with Gasteiger partial charge in [0.2, 0.25) is 5.91 Å². The van der Waals surface area contributed by atoms with E-state index >= 15 is 0 Å². The lowest BCUT2D eigenvalue weighted by molar-refractivity contribution is -0.129. The van der Waals surface area contributed by atoms with E-state index in [-0.39, 0.29) is 11.2 Å². The van der Waals surface area contributed by atoms with Crippen LogP contribution in [0.25, 0.3) is 10.7 Å². The number of aromatic nitrogens is 3. The molecule has 0 saturated carbocycles. The third kappa shape index (κ3) is 4.11. The summed E-state index contributed by atoms with van der Waals surface area (Å²) in [6.45, 7) is 2.51. The van der Waals surface area contributed by atoms with Crippen molar-refractivity contribution in [3.05, 3.63) is 53.4 Å². The summed E-state index contributed by atoms with van der Waals surface area (Å²) in [4.78, 5) is 15.5. The molecule has 1 atom stereocenters. The van der Waals surface area contributed by atoms with Gasteiger partial charge in [-0.3, -0.25) is 4.79 Å². The Morgan fingerprint density at radius 3 is 2.68 bits per heavy atom. The van der Waals surface area contributed by atoms with Crippen molar-refractivity contribution >= 4 is 29.0 Å². The zero-order valence-electron chi connectivity index (χ0n) is 14.4. The standard InChI is InChI=1S/C18H20N4OS2/c1-13(17(23)21(2)12-14-8-5-4-6-9-14)25-18-20-19-16(22(18)3)15-10-7-11-24-15/h4-11,13H,12H2,1-3H3/t13-/m1/s1. The second-order valence-electron chi connectivity index (χ2n) is 5.78. The second kappa shape index (κ2) is 7.84. The summed E-state index contributed by atoms with van der Waals surface area (Å²) in [5.41, 5.74) is 1.12. The average Bonchev–Trinajstić information content (AvgIpc) is 3.25. The van der Waals surface area contributed by atoms with E-state index in [9.17, 15) is 4.79 Å². The Morgan fingerprint density at radius 1 is 1.24 bits per heavy atom. The number of hydrogen-bond donors (Lipinski definition) is 0. The monoisotopic (exact) mass is 372 g/mol. The number of amides is 1. The summed E-state index contributed by atoms with van der Waals surface area (Å²) < 4.78 is 1.94. The maximum atomic E-state index is 12.6. The molecule has 130 valence electrons. The fourth-order valence-electron chi connectivity index (χ4n) is 2.49. The minimum absolute atomic E-state index is 0.0783. The van der Waals surface area contributed by atoms with Crippen molar-refractivity contribution in [1.82, 2.24) is 19.7 Å². The summed E-state index contributed by atoms with van der Waals surface area (Å²) in [6.07, 6.45) is 0. The highest BCUT2D eigenvalue weighted by Crippen LogP contribution is 2.28. The van der Waals surface area contributed by atoms with Gasteiger partial charge in [0.1, 0.15) is 0 Å². The fraction of sp³-hybridized carbons (Fsp3) is 0.278. The molecule has 1 amide bonds. The molecular weight excluding hydrogens is 352 g/mol. The van der Waals surface area contributed by atoms with Crippen LogP contribution in [0.2, 0.25) is 0 Å². The molecule has 0 unspecified atom stereocenters. The third-order valence-corrected chi connectivity index (χ3v) is 5.83. The molecule has 25 heavy (non-hydrogen) atoms. The number of rotatable bonds is 6. The van der Waals surface area contributed by atoms with Gasteiger partial charge in [0.25, 0.3) is 0 Å². The molecule has 0 saturated heterocycles. The maximum Gasteiger partial charge on any atom is 0.235 e. The highest BCUT2D eigenvalue weighted by Gasteiger charge is 2.22. The summed E-state index contributed by atoms with van der Waals surface area (Å²) >= 11 is 3.07. The lowest BCUT2D eigenvalue weighted by Crippen LogP contribution is -2.32. The molecule has 7 heteroatoms. The quantitative estimate of drug-likeness (QED) is 0.619. The van der Waals surface area contributed by atoms with E-state index in [1.165, 1.54) is 11.8 Å². The molecule has 3 rings (SSSR count). The van der Waals surface area contributed by atoms with Gasteiger partial charge < -0.3 is 9.47 Å². The van der Waals surface area contributed by atoms with Crippen LogP contribution in [0.5, 0.6) is 0 Å². The minimum atomic E-state index is -0.229. The van der Waals surface area contributed by atoms with Gasteiger partial charge in [0, 0.05) is 20.6 Å². The van der Waals surface area contributed by atoms with Crippen molar-refractivity contribution in [3.63, 3.8) is 0 Å². The normalized spacial score (nSPS) is 12.1. The van der Waals surface area contributed by atoms with Gasteiger partial charge in [-0.25, -0.2) is 0 Å². The van der Waals surface area contributed by atoms with Crippen LogP contribution in [0, 0.1) is 0 Å². The highest BCUT2D eigenvalue weighted by molar-refractivity contribution is 8.00. The number of thiophene rings is 1. The van der Waals surface area contributed by atoms with Gasteiger partial charge in [0.05, 0.1) is 10.1 Å². The first-order valence-electron chi connectivity index (χ1n) is 7.95. The Bertz CT molecular complexity index is 830. The zero-order chi connectivity index (χ0) is 17.8. The van der Waals surface area contributed by atoms with Gasteiger partial charge in [-0.15, -0.1) is 21.5 Å². The van der Waals surface area contributed by atoms with E-state index in [4.69, 9.17) is 0 Å². The first kappa shape index (κ1) is 17.7. The fourth-order valence-corrected chi connectivity index (χ4v) is 4.17. The number of carbonyl (C=O) groups excluding carboxylic acids is 1. The van der Waals surface area contributed by atoms with Crippen LogP contribution in [0.15, 0.2) is 53.0 Å². The molecule has 1 aromatic carbocycles. The summed E-state index contributed by atoms with van der Waals surface area (Å²) in [5.74, 6) is 0.907. The predicted molar refractivity (Wildman–Crippen MR) is 103 cm³/mol. The van der Waals surface area contributed by atoms with Crippen LogP contribution in [-0.4, -0.2) is 37.9 Å². The van der Waals surface area contributed by atoms with E-state index in [0.717, 1.165) is 21.4 Å². The lowest BCUT2D eigenvalue weighted by Gasteiger charge is -2.21. The molecule has 2 aromatic heterocycles. The minimum Gasteiger partial charge on any atom is -0.340 e. The number of nitrogens with zero attached hydrogens (tertiary/aromatic N) is 4. The van der Waals surface area contributed by atoms with Gasteiger partial charge in [-0.2, -0.15) is 0 Å². The average molecular weight is 373 g/mol. The van der Waals surface area contributed by atoms with E-state index in [1.807, 2.05) is 73.4 Å². The van der Waals surface area contributed by atoms with Gasteiger partial charge in [-0.05, 0) is 23.9 Å². The van der Waals surface area contributed by atoms with Crippen molar-refractivity contribution in [3.8, 4) is 10.7 Å². The topological polar surface area (TPSA) is 51.0 Å². The Hall–Kier alpha value is -2.12. The third-order valence-electron chi connectivity index (χ3n) is 3.85. The smallest absolute Gasteiger partial charge is 0.235 e. The van der Waals surface area contributed by atoms with Crippen LogP contribution in [-0.2, 0) is 18.4 Å². The van der Waals surface area contributed by atoms with E-state index in [2.05, 4.69) is 10.2 Å². The molecule has 0 aliphatic carbocycles. The molecule has 0 fully saturated rings. The van der Waals surface area contributed by atoms with Gasteiger partial charge in [0.15, 0.2) is 11.0 Å². The van der Waals surface area contributed by atoms with Gasteiger partial charge >= 0.3 is 0 Å². The molecule has 0 aliphatic rings. The summed E-state index contributed by atoms with van der Waals surface area (Å²) in [5, 5.41) is 11.0. The van der Waals surface area contributed by atoms with Crippen molar-refractivity contribution in [2.24, 2.45) is 7.05 Å². The van der Waals surface area contributed by atoms with Crippen LogP contribution in [0.3, 0.4) is 0 Å². The van der Waals surface area contributed by atoms with Crippen LogP contribution < -0.4 is 0 Å². The van der Waals surface area contributed by atoms with Crippen molar-refractivity contribution in [1.29, 1.82) is 0 Å². The van der Waals surface area contributed by atoms with Crippen LogP contribution >= 0.6 is 23.1 Å². The second-order valence-corrected chi connectivity index (χ2v) is 8.04. The molecule has 0 radical (unpaired) electrons. The largest absolute Gasteiger partial charge is 0.340 e. The summed E-state index contributed by atoms with van der Waals surface area (Å²) in [6, 6.07) is 14.0. The number of thioether (sulfide) groups is 1. The Balaban J connectivity index is 1.65. The number of hydrogen-bond acceptors (Lipinski definition) is 5. The first-order valence-corrected chi connectivity index (χ1v) is 9.71. The lowest BCUT2D eigenvalue weighted by atomic mass is 10.2. The maximum absolute atomic E-state index is 12.6. The van der Waals surface area contributed by atoms with E-state index in [0.29, 0.717) is 6.54 Å². The van der Waals surface area contributed by atoms with Crippen molar-refractivity contribution in [2.45, 2.75) is 23.9 Å². The Kier molecular flexibility index (Phi) is 5.55. The molecule has 0 spiro atoms. The van der Waals surface area contributed by atoms with Crippen molar-refractivity contribution in [2.75, 3.05) is 7.05 Å². The molecule has 5 nitrogen and oxygen atoms in total. The summed E-state index contributed by atoms with van der Waals surface area (Å²) in [7, 11) is 3.77. The molecular formula is C18H20N4OS2. The van der Waals surface area contributed by atoms with Crippen molar-refractivity contribution < 1.29 is 4.79 Å². The molecule has 0 aliphatic heterocycles. The highest BCUT2D eigenvalue weighted by atomic mass is 32.2.